The molecule has 0 aliphatic carbocycles. The predicted molar refractivity (Wildman–Crippen MR) is 68.0 cm³/mol. The third-order valence-electron chi connectivity index (χ3n) is 2.45. The summed E-state index contributed by atoms with van der Waals surface area (Å²) in [4.78, 5) is 13.7. The van der Waals surface area contributed by atoms with Crippen molar-refractivity contribution in [3.05, 3.63) is 34.9 Å². The Labute approximate surface area is 106 Å². The monoisotopic (exact) mass is 259 g/mol. The molecule has 2 nitrogen and oxygen atoms in total. The molecule has 1 unspecified atom stereocenters. The summed E-state index contributed by atoms with van der Waals surface area (Å²) in [6.07, 6.45) is 0. The Morgan fingerprint density at radius 1 is 1.25 bits per heavy atom. The lowest BCUT2D eigenvalue weighted by Crippen LogP contribution is -2.33. The van der Waals surface area contributed by atoms with Crippen LogP contribution in [0, 0.1) is 0 Å². The van der Waals surface area contributed by atoms with Crippen molar-refractivity contribution in [2.45, 2.75) is 19.2 Å². The molecular weight excluding hydrogens is 245 g/mol. The van der Waals surface area contributed by atoms with Crippen LogP contribution in [0.15, 0.2) is 24.3 Å². The van der Waals surface area contributed by atoms with E-state index < -0.39 is 5.38 Å². The van der Waals surface area contributed by atoms with E-state index in [1.165, 1.54) is 0 Å². The van der Waals surface area contributed by atoms with E-state index in [9.17, 15) is 4.79 Å². The van der Waals surface area contributed by atoms with Crippen molar-refractivity contribution in [3.8, 4) is 0 Å². The first-order valence-corrected chi connectivity index (χ1v) is 6.09. The van der Waals surface area contributed by atoms with Gasteiger partial charge in [0.1, 0.15) is 5.38 Å². The van der Waals surface area contributed by atoms with Gasteiger partial charge in [0.2, 0.25) is 5.91 Å². The first-order valence-electron chi connectivity index (χ1n) is 5.28. The number of alkyl halides is 1. The molecule has 1 aromatic rings. The van der Waals surface area contributed by atoms with Crippen LogP contribution in [0.4, 0.5) is 0 Å². The molecule has 1 aromatic carbocycles. The first-order chi connectivity index (χ1) is 7.60. The summed E-state index contributed by atoms with van der Waals surface area (Å²) in [6.45, 7) is 5.22. The fraction of sp³-hybridized carbons (Fsp3) is 0.417. The van der Waals surface area contributed by atoms with Crippen LogP contribution in [0.5, 0.6) is 0 Å². The van der Waals surface area contributed by atoms with E-state index in [1.807, 2.05) is 13.8 Å². The summed E-state index contributed by atoms with van der Waals surface area (Å²) in [6, 6.07) is 7.03. The van der Waals surface area contributed by atoms with Crippen molar-refractivity contribution < 1.29 is 4.79 Å². The average molecular weight is 260 g/mol. The van der Waals surface area contributed by atoms with E-state index in [1.54, 1.807) is 29.2 Å². The Kier molecular flexibility index (Phi) is 5.10. The fourth-order valence-corrected chi connectivity index (χ4v) is 1.88. The van der Waals surface area contributed by atoms with Crippen LogP contribution in [0.25, 0.3) is 0 Å². The molecule has 0 N–H and O–H groups in total. The maximum Gasteiger partial charge on any atom is 0.245 e. The highest BCUT2D eigenvalue weighted by molar-refractivity contribution is 6.31. The van der Waals surface area contributed by atoms with E-state index in [4.69, 9.17) is 23.2 Å². The smallest absolute Gasteiger partial charge is 0.245 e. The van der Waals surface area contributed by atoms with Crippen LogP contribution in [0.2, 0.25) is 5.02 Å². The highest BCUT2D eigenvalue weighted by Gasteiger charge is 2.21. The van der Waals surface area contributed by atoms with Crippen LogP contribution < -0.4 is 0 Å². The standard InChI is InChI=1S/C12H15Cl2NO/c1-3-15(4-2)12(16)11(14)9-5-7-10(13)8-6-9/h5-8,11H,3-4H2,1-2H3. The third-order valence-corrected chi connectivity index (χ3v) is 3.15. The van der Waals surface area contributed by atoms with Gasteiger partial charge >= 0.3 is 0 Å². The number of carbonyl (C=O) groups is 1. The number of carbonyl (C=O) groups excluding carboxylic acids is 1. The Morgan fingerprint density at radius 2 is 1.75 bits per heavy atom. The zero-order valence-electron chi connectivity index (χ0n) is 9.41. The molecule has 0 radical (unpaired) electrons. The van der Waals surface area contributed by atoms with Crippen LogP contribution in [0.3, 0.4) is 0 Å². The summed E-state index contributed by atoms with van der Waals surface area (Å²) < 4.78 is 0. The van der Waals surface area contributed by atoms with E-state index >= 15 is 0 Å². The number of nitrogens with zero attached hydrogens (tertiary/aromatic N) is 1. The molecule has 4 heteroatoms. The van der Waals surface area contributed by atoms with Crippen LogP contribution in [-0.2, 0) is 4.79 Å². The summed E-state index contributed by atoms with van der Waals surface area (Å²) in [7, 11) is 0. The number of rotatable bonds is 4. The molecule has 0 aliphatic heterocycles. The molecule has 0 saturated heterocycles. The van der Waals surface area contributed by atoms with Gasteiger partial charge in [-0.2, -0.15) is 0 Å². The summed E-state index contributed by atoms with van der Waals surface area (Å²) in [5.74, 6) is -0.0611. The Balaban J connectivity index is 2.81. The number of likely N-dealkylation sites (N-methyl/N-ethyl adjacent to an activating group) is 1. The van der Waals surface area contributed by atoms with E-state index in [2.05, 4.69) is 0 Å². The average Bonchev–Trinajstić information content (AvgIpc) is 2.30. The second-order valence-corrected chi connectivity index (χ2v) is 4.30. The van der Waals surface area contributed by atoms with Crippen LogP contribution >= 0.6 is 23.2 Å². The first kappa shape index (κ1) is 13.3. The van der Waals surface area contributed by atoms with Crippen molar-refractivity contribution in [1.82, 2.24) is 4.90 Å². The van der Waals surface area contributed by atoms with Gasteiger partial charge in [-0.3, -0.25) is 4.79 Å². The van der Waals surface area contributed by atoms with E-state index in [0.717, 1.165) is 5.56 Å². The van der Waals surface area contributed by atoms with Crippen LogP contribution in [0.1, 0.15) is 24.8 Å². The maximum absolute atomic E-state index is 12.0. The van der Waals surface area contributed by atoms with Gasteiger partial charge in [-0.25, -0.2) is 0 Å². The molecule has 1 atom stereocenters. The molecule has 0 aromatic heterocycles. The number of benzene rings is 1. The van der Waals surface area contributed by atoms with Gasteiger partial charge in [0, 0.05) is 18.1 Å². The largest absolute Gasteiger partial charge is 0.342 e. The Bertz CT molecular complexity index is 347. The van der Waals surface area contributed by atoms with Gasteiger partial charge < -0.3 is 4.90 Å². The van der Waals surface area contributed by atoms with Gasteiger partial charge in [0.25, 0.3) is 0 Å². The van der Waals surface area contributed by atoms with Crippen molar-refractivity contribution in [2.75, 3.05) is 13.1 Å². The molecule has 0 aliphatic rings. The summed E-state index contributed by atoms with van der Waals surface area (Å²) in [5, 5.41) is 0.0140. The minimum absolute atomic E-state index is 0.0611. The highest BCUT2D eigenvalue weighted by atomic mass is 35.5. The van der Waals surface area contributed by atoms with Gasteiger partial charge in [-0.15, -0.1) is 11.6 Å². The molecule has 16 heavy (non-hydrogen) atoms. The molecule has 1 rings (SSSR count). The molecular formula is C12H15Cl2NO. The second kappa shape index (κ2) is 6.12. The van der Waals surface area contributed by atoms with Gasteiger partial charge in [-0.05, 0) is 31.5 Å². The third kappa shape index (κ3) is 3.13. The maximum atomic E-state index is 12.0. The second-order valence-electron chi connectivity index (χ2n) is 3.42. The van der Waals surface area contributed by atoms with Crippen molar-refractivity contribution >= 4 is 29.1 Å². The molecule has 1 amide bonds. The van der Waals surface area contributed by atoms with Crippen LogP contribution in [-0.4, -0.2) is 23.9 Å². The topological polar surface area (TPSA) is 20.3 Å². The molecule has 0 bridgehead atoms. The quantitative estimate of drug-likeness (QED) is 0.759. The zero-order valence-corrected chi connectivity index (χ0v) is 10.9. The lowest BCUT2D eigenvalue weighted by molar-refractivity contribution is -0.130. The number of hydrogen-bond acceptors (Lipinski definition) is 1. The minimum Gasteiger partial charge on any atom is -0.342 e. The van der Waals surface area contributed by atoms with Gasteiger partial charge in [0.05, 0.1) is 0 Å². The molecule has 0 fully saturated rings. The normalized spacial score (nSPS) is 12.2. The summed E-state index contributed by atoms with van der Waals surface area (Å²) >= 11 is 11.9. The summed E-state index contributed by atoms with van der Waals surface area (Å²) in [5.41, 5.74) is 0.781. The van der Waals surface area contributed by atoms with E-state index in [-0.39, 0.29) is 5.91 Å². The lowest BCUT2D eigenvalue weighted by atomic mass is 10.1. The van der Waals surface area contributed by atoms with Crippen molar-refractivity contribution in [1.29, 1.82) is 0 Å². The lowest BCUT2D eigenvalue weighted by Gasteiger charge is -2.21. The molecule has 88 valence electrons. The van der Waals surface area contributed by atoms with Crippen molar-refractivity contribution in [2.24, 2.45) is 0 Å². The molecule has 0 spiro atoms. The number of hydrogen-bond donors (Lipinski definition) is 0. The SMILES string of the molecule is CCN(CC)C(=O)C(Cl)c1ccc(Cl)cc1. The number of amides is 1. The fourth-order valence-electron chi connectivity index (χ4n) is 1.47. The number of halogens is 2. The Hall–Kier alpha value is -0.730. The van der Waals surface area contributed by atoms with Crippen molar-refractivity contribution in [3.63, 3.8) is 0 Å². The highest BCUT2D eigenvalue weighted by Crippen LogP contribution is 2.24. The minimum atomic E-state index is -0.628. The molecule has 0 heterocycles. The Morgan fingerprint density at radius 3 is 2.19 bits per heavy atom. The van der Waals surface area contributed by atoms with E-state index in [0.29, 0.717) is 18.1 Å². The van der Waals surface area contributed by atoms with Gasteiger partial charge in [-0.1, -0.05) is 23.7 Å². The predicted octanol–water partition coefficient (Wildman–Crippen LogP) is 3.49. The zero-order chi connectivity index (χ0) is 12.1. The van der Waals surface area contributed by atoms with Gasteiger partial charge in [0.15, 0.2) is 0 Å². The molecule has 0 saturated carbocycles.